The molecule has 5 heteroatoms. The maximum atomic E-state index is 5.50. The van der Waals surface area contributed by atoms with Crippen LogP contribution in [-0.4, -0.2) is 14.5 Å². The summed E-state index contributed by atoms with van der Waals surface area (Å²) in [5, 5.41) is 11.2. The summed E-state index contributed by atoms with van der Waals surface area (Å²) < 4.78 is 7.20. The molecule has 0 aliphatic heterocycles. The van der Waals surface area contributed by atoms with Crippen LogP contribution in [0.5, 0.6) is 0 Å². The standard InChI is InChI=1S/C42H23N3S2/c1-3-11-27-24(9-1)18-21-32-37(27)38-28-12-4-2-10-25(28)19-22-33(38)45(32)42-43-39(41-40(44-42)31-14-6-8-16-35(31)47-41)26-17-20-30-29-13-5-7-15-34(29)46-36(30)23-26/h1-23H. The normalized spacial score (nSPS) is 12.3. The Morgan fingerprint density at radius 3 is 1.72 bits per heavy atom. The van der Waals surface area contributed by atoms with E-state index in [-0.39, 0.29) is 0 Å². The molecule has 0 radical (unpaired) electrons. The van der Waals surface area contributed by atoms with Crippen LogP contribution in [0.2, 0.25) is 0 Å². The minimum Gasteiger partial charge on any atom is -0.278 e. The van der Waals surface area contributed by atoms with Gasteiger partial charge in [0.2, 0.25) is 5.95 Å². The Morgan fingerprint density at radius 1 is 0.447 bits per heavy atom. The molecule has 0 spiro atoms. The largest absolute Gasteiger partial charge is 0.278 e. The maximum absolute atomic E-state index is 5.50. The van der Waals surface area contributed by atoms with Gasteiger partial charge in [0.05, 0.1) is 26.9 Å². The number of hydrogen-bond donors (Lipinski definition) is 0. The van der Waals surface area contributed by atoms with Gasteiger partial charge >= 0.3 is 0 Å². The topological polar surface area (TPSA) is 30.7 Å². The number of benzene rings is 7. The molecule has 0 N–H and O–H groups in total. The van der Waals surface area contributed by atoms with Crippen molar-refractivity contribution in [1.29, 1.82) is 0 Å². The Kier molecular flexibility index (Phi) is 5.14. The highest BCUT2D eigenvalue weighted by Crippen LogP contribution is 2.44. The van der Waals surface area contributed by atoms with Crippen molar-refractivity contribution in [3.05, 3.63) is 140 Å². The average molecular weight is 634 g/mol. The van der Waals surface area contributed by atoms with Crippen LogP contribution in [0.15, 0.2) is 140 Å². The number of aromatic nitrogens is 3. The summed E-state index contributed by atoms with van der Waals surface area (Å²) in [6, 6.07) is 50.4. The molecule has 0 amide bonds. The van der Waals surface area contributed by atoms with Gasteiger partial charge < -0.3 is 0 Å². The molecule has 11 rings (SSSR count). The molecular weight excluding hydrogens is 611 g/mol. The van der Waals surface area contributed by atoms with Crippen LogP contribution in [0.3, 0.4) is 0 Å². The maximum Gasteiger partial charge on any atom is 0.235 e. The summed E-state index contributed by atoms with van der Waals surface area (Å²) in [5.41, 5.74) is 5.31. The van der Waals surface area contributed by atoms with E-state index in [1.54, 1.807) is 11.3 Å². The van der Waals surface area contributed by atoms with Gasteiger partial charge in [0.1, 0.15) is 0 Å². The van der Waals surface area contributed by atoms with Gasteiger partial charge in [-0.1, -0.05) is 109 Å². The first-order chi connectivity index (χ1) is 23.3. The van der Waals surface area contributed by atoms with Crippen molar-refractivity contribution in [3.63, 3.8) is 0 Å². The van der Waals surface area contributed by atoms with Gasteiger partial charge in [0.25, 0.3) is 0 Å². The Labute approximate surface area is 276 Å². The fraction of sp³-hybridized carbons (Fsp3) is 0. The molecule has 0 saturated carbocycles. The summed E-state index contributed by atoms with van der Waals surface area (Å²) in [4.78, 5) is 10.9. The van der Waals surface area contributed by atoms with Crippen LogP contribution >= 0.6 is 22.7 Å². The first-order valence-corrected chi connectivity index (χ1v) is 17.4. The highest BCUT2D eigenvalue weighted by molar-refractivity contribution is 7.26. The number of hydrogen-bond acceptors (Lipinski definition) is 4. The Balaban J connectivity index is 1.29. The number of thiophene rings is 2. The van der Waals surface area contributed by atoms with E-state index in [9.17, 15) is 0 Å². The summed E-state index contributed by atoms with van der Waals surface area (Å²) in [6.07, 6.45) is 0. The molecule has 0 atom stereocenters. The molecule has 11 aromatic rings. The third-order valence-electron chi connectivity index (χ3n) is 9.61. The molecule has 47 heavy (non-hydrogen) atoms. The minimum absolute atomic E-state index is 0.693. The van der Waals surface area contributed by atoms with Crippen molar-refractivity contribution in [2.75, 3.05) is 0 Å². The van der Waals surface area contributed by atoms with Crippen LogP contribution < -0.4 is 0 Å². The Morgan fingerprint density at radius 2 is 1.02 bits per heavy atom. The predicted molar refractivity (Wildman–Crippen MR) is 203 cm³/mol. The van der Waals surface area contributed by atoms with Crippen LogP contribution in [0.4, 0.5) is 0 Å². The zero-order chi connectivity index (χ0) is 30.6. The van der Waals surface area contributed by atoms with Gasteiger partial charge in [-0.05, 0) is 51.9 Å². The zero-order valence-corrected chi connectivity index (χ0v) is 26.6. The highest BCUT2D eigenvalue weighted by Gasteiger charge is 2.22. The highest BCUT2D eigenvalue weighted by atomic mass is 32.1. The third-order valence-corrected chi connectivity index (χ3v) is 11.9. The molecule has 3 nitrogen and oxygen atoms in total. The first-order valence-electron chi connectivity index (χ1n) is 15.8. The van der Waals surface area contributed by atoms with Crippen LogP contribution in [0.1, 0.15) is 0 Å². The Bertz CT molecular complexity index is 3000. The first kappa shape index (κ1) is 25.6. The van der Waals surface area contributed by atoms with Crippen LogP contribution in [0, 0.1) is 0 Å². The van der Waals surface area contributed by atoms with Crippen LogP contribution in [-0.2, 0) is 0 Å². The van der Waals surface area contributed by atoms with E-state index >= 15 is 0 Å². The number of rotatable bonds is 2. The lowest BCUT2D eigenvalue weighted by molar-refractivity contribution is 1.02. The lowest BCUT2D eigenvalue weighted by Gasteiger charge is -2.10. The molecule has 0 aliphatic carbocycles. The van der Waals surface area contributed by atoms with Crippen molar-refractivity contribution < 1.29 is 0 Å². The Hall–Kier alpha value is -5.62. The lowest BCUT2D eigenvalue weighted by Crippen LogP contribution is -2.02. The average Bonchev–Trinajstić information content (AvgIpc) is 3.80. The second kappa shape index (κ2) is 9.46. The van der Waals surface area contributed by atoms with Gasteiger partial charge in [-0.25, -0.2) is 9.97 Å². The van der Waals surface area contributed by atoms with Gasteiger partial charge in [0.15, 0.2) is 0 Å². The second-order valence-electron chi connectivity index (χ2n) is 12.2. The van der Waals surface area contributed by atoms with Gasteiger partial charge in [-0.2, -0.15) is 0 Å². The van der Waals surface area contributed by atoms with Crippen molar-refractivity contribution in [2.45, 2.75) is 0 Å². The van der Waals surface area contributed by atoms with Crippen molar-refractivity contribution in [2.24, 2.45) is 0 Å². The van der Waals surface area contributed by atoms with Gasteiger partial charge in [0, 0.05) is 46.6 Å². The predicted octanol–water partition coefficient (Wildman–Crippen LogP) is 12.3. The smallest absolute Gasteiger partial charge is 0.235 e. The van der Waals surface area contributed by atoms with E-state index in [0.717, 1.165) is 37.9 Å². The number of nitrogens with zero attached hydrogens (tertiary/aromatic N) is 3. The molecule has 0 bridgehead atoms. The van der Waals surface area contributed by atoms with E-state index in [1.165, 1.54) is 57.2 Å². The molecule has 218 valence electrons. The fourth-order valence-corrected chi connectivity index (χ4v) is 9.81. The molecule has 0 unspecified atom stereocenters. The van der Waals surface area contributed by atoms with E-state index in [0.29, 0.717) is 5.95 Å². The van der Waals surface area contributed by atoms with Crippen molar-refractivity contribution >= 4 is 106 Å². The van der Waals surface area contributed by atoms with E-state index in [1.807, 2.05) is 11.3 Å². The summed E-state index contributed by atoms with van der Waals surface area (Å²) in [5.74, 6) is 0.693. The molecule has 7 aromatic carbocycles. The SMILES string of the molecule is c1ccc2c(c1)ccc1c2c2c3ccccc3ccc2n1-c1nc(-c2ccc3c(c2)sc2ccccc23)c2sc3ccccc3c2n1. The quantitative estimate of drug-likeness (QED) is 0.190. The second-order valence-corrected chi connectivity index (χ2v) is 14.3. The molecule has 4 heterocycles. The summed E-state index contributed by atoms with van der Waals surface area (Å²) in [6.45, 7) is 0. The third kappa shape index (κ3) is 3.55. The van der Waals surface area contributed by atoms with Gasteiger partial charge in [-0.15, -0.1) is 22.7 Å². The van der Waals surface area contributed by atoms with Crippen molar-refractivity contribution in [3.8, 4) is 17.2 Å². The van der Waals surface area contributed by atoms with Crippen LogP contribution in [0.25, 0.3) is 101 Å². The lowest BCUT2D eigenvalue weighted by atomic mass is 10.00. The number of fused-ring (bicyclic) bond motifs is 13. The molecule has 4 aromatic heterocycles. The van der Waals surface area contributed by atoms with E-state index in [2.05, 4.69) is 144 Å². The summed E-state index contributed by atoms with van der Waals surface area (Å²) >= 11 is 3.62. The van der Waals surface area contributed by atoms with E-state index < -0.39 is 0 Å². The summed E-state index contributed by atoms with van der Waals surface area (Å²) in [7, 11) is 0. The fourth-order valence-electron chi connectivity index (χ4n) is 7.51. The molecular formula is C42H23N3S2. The molecule has 0 aliphatic rings. The molecule has 0 fully saturated rings. The molecule has 0 saturated heterocycles. The van der Waals surface area contributed by atoms with Gasteiger partial charge in [-0.3, -0.25) is 4.57 Å². The minimum atomic E-state index is 0.693. The van der Waals surface area contributed by atoms with Crippen molar-refractivity contribution in [1.82, 2.24) is 14.5 Å². The zero-order valence-electron chi connectivity index (χ0n) is 24.9. The monoisotopic (exact) mass is 633 g/mol. The van der Waals surface area contributed by atoms with E-state index in [4.69, 9.17) is 9.97 Å².